The number of amides is 1. The molecule has 3 heterocycles. The number of hydrogen-bond acceptors (Lipinski definition) is 7. The van der Waals surface area contributed by atoms with Crippen LogP contribution in [0, 0.1) is 13.8 Å². The van der Waals surface area contributed by atoms with Crippen LogP contribution in [0.4, 0.5) is 0 Å². The second-order valence-electron chi connectivity index (χ2n) is 7.87. The van der Waals surface area contributed by atoms with Gasteiger partial charge in [0, 0.05) is 43.7 Å². The highest BCUT2D eigenvalue weighted by molar-refractivity contribution is 7.98. The minimum absolute atomic E-state index is 0.0357. The number of thioether (sulfide) groups is 1. The van der Waals surface area contributed by atoms with Crippen LogP contribution < -0.4 is 5.32 Å². The van der Waals surface area contributed by atoms with Crippen LogP contribution in [0.1, 0.15) is 32.9 Å². The van der Waals surface area contributed by atoms with E-state index in [1.54, 1.807) is 18.3 Å². The highest BCUT2D eigenvalue weighted by Gasteiger charge is 2.22. The number of benzene rings is 1. The SMILES string of the molecule is Cc1noc(C)c1CSc1ncccc1C(=O)NCC1CN(Cc2ccccc2)CCO1. The van der Waals surface area contributed by atoms with Gasteiger partial charge in [-0.3, -0.25) is 9.69 Å². The maximum Gasteiger partial charge on any atom is 0.254 e. The predicted molar refractivity (Wildman–Crippen MR) is 124 cm³/mol. The standard InChI is InChI=1S/C24H28N4O3S/c1-17-22(18(2)31-27-17)16-32-24-21(9-6-10-25-24)23(29)26-13-20-15-28(11-12-30-20)14-19-7-4-3-5-8-19/h3-10,20H,11-16H2,1-2H3,(H,26,29). The molecular formula is C24H28N4O3S. The molecule has 32 heavy (non-hydrogen) atoms. The molecule has 0 bridgehead atoms. The highest BCUT2D eigenvalue weighted by Crippen LogP contribution is 2.27. The molecule has 0 radical (unpaired) electrons. The molecule has 8 heteroatoms. The molecule has 1 saturated heterocycles. The number of carbonyl (C=O) groups excluding carboxylic acids is 1. The minimum atomic E-state index is -0.136. The predicted octanol–water partition coefficient (Wildman–Crippen LogP) is 3.61. The largest absolute Gasteiger partial charge is 0.374 e. The molecule has 1 fully saturated rings. The van der Waals surface area contributed by atoms with Gasteiger partial charge in [0.25, 0.3) is 5.91 Å². The maximum atomic E-state index is 12.9. The molecule has 1 amide bonds. The van der Waals surface area contributed by atoms with Gasteiger partial charge in [-0.15, -0.1) is 11.8 Å². The van der Waals surface area contributed by atoms with Crippen molar-refractivity contribution < 1.29 is 14.1 Å². The first-order chi connectivity index (χ1) is 15.6. The van der Waals surface area contributed by atoms with E-state index in [9.17, 15) is 4.79 Å². The quantitative estimate of drug-likeness (QED) is 0.523. The Balaban J connectivity index is 1.32. The number of nitrogens with zero attached hydrogens (tertiary/aromatic N) is 3. The summed E-state index contributed by atoms with van der Waals surface area (Å²) >= 11 is 1.51. The second kappa shape index (κ2) is 10.8. The lowest BCUT2D eigenvalue weighted by molar-refractivity contribution is -0.0292. The zero-order chi connectivity index (χ0) is 22.3. The third kappa shape index (κ3) is 5.76. The molecule has 168 valence electrons. The van der Waals surface area contributed by atoms with E-state index in [4.69, 9.17) is 9.26 Å². The van der Waals surface area contributed by atoms with Crippen molar-refractivity contribution in [3.05, 3.63) is 76.8 Å². The fourth-order valence-electron chi connectivity index (χ4n) is 3.72. The molecule has 4 rings (SSSR count). The van der Waals surface area contributed by atoms with Crippen molar-refractivity contribution in [3.8, 4) is 0 Å². The highest BCUT2D eigenvalue weighted by atomic mass is 32.2. The van der Waals surface area contributed by atoms with Gasteiger partial charge in [-0.2, -0.15) is 0 Å². The first-order valence-corrected chi connectivity index (χ1v) is 11.7. The van der Waals surface area contributed by atoms with E-state index < -0.39 is 0 Å². The first-order valence-electron chi connectivity index (χ1n) is 10.8. The van der Waals surface area contributed by atoms with Gasteiger partial charge in [0.2, 0.25) is 0 Å². The summed E-state index contributed by atoms with van der Waals surface area (Å²) in [6.07, 6.45) is 1.67. The number of nitrogens with one attached hydrogen (secondary N) is 1. The van der Waals surface area contributed by atoms with Gasteiger partial charge >= 0.3 is 0 Å². The van der Waals surface area contributed by atoms with Crippen molar-refractivity contribution >= 4 is 17.7 Å². The van der Waals surface area contributed by atoms with Gasteiger partial charge in [0.05, 0.1) is 24.0 Å². The summed E-state index contributed by atoms with van der Waals surface area (Å²) in [6, 6.07) is 14.0. The molecule has 2 aromatic heterocycles. The Morgan fingerprint density at radius 1 is 1.22 bits per heavy atom. The summed E-state index contributed by atoms with van der Waals surface area (Å²) in [4.78, 5) is 19.7. The number of ether oxygens (including phenoxy) is 1. The molecule has 7 nitrogen and oxygen atoms in total. The zero-order valence-electron chi connectivity index (χ0n) is 18.4. The van der Waals surface area contributed by atoms with Gasteiger partial charge in [-0.05, 0) is 31.5 Å². The van der Waals surface area contributed by atoms with Crippen LogP contribution in [0.5, 0.6) is 0 Å². The minimum Gasteiger partial charge on any atom is -0.374 e. The number of pyridine rings is 1. The summed E-state index contributed by atoms with van der Waals surface area (Å²) < 4.78 is 11.1. The molecule has 1 N–H and O–H groups in total. The normalized spacial score (nSPS) is 16.8. The second-order valence-corrected chi connectivity index (χ2v) is 8.84. The van der Waals surface area contributed by atoms with E-state index in [0.29, 0.717) is 29.5 Å². The molecule has 1 aliphatic rings. The van der Waals surface area contributed by atoms with Crippen LogP contribution in [0.25, 0.3) is 0 Å². The number of aryl methyl sites for hydroxylation is 2. The summed E-state index contributed by atoms with van der Waals surface area (Å²) in [7, 11) is 0. The molecule has 1 unspecified atom stereocenters. The Hall–Kier alpha value is -2.68. The third-order valence-electron chi connectivity index (χ3n) is 5.51. The van der Waals surface area contributed by atoms with Crippen LogP contribution in [-0.2, 0) is 17.0 Å². The Kier molecular flexibility index (Phi) is 7.57. The van der Waals surface area contributed by atoms with Crippen LogP contribution in [0.15, 0.2) is 58.2 Å². The number of carbonyl (C=O) groups is 1. The van der Waals surface area contributed by atoms with E-state index in [1.807, 2.05) is 19.9 Å². The Morgan fingerprint density at radius 2 is 2.06 bits per heavy atom. The lowest BCUT2D eigenvalue weighted by Gasteiger charge is -2.33. The van der Waals surface area contributed by atoms with Crippen molar-refractivity contribution in [2.24, 2.45) is 0 Å². The van der Waals surface area contributed by atoms with Gasteiger partial charge in [0.1, 0.15) is 10.8 Å². The molecule has 0 saturated carbocycles. The lowest BCUT2D eigenvalue weighted by atomic mass is 10.2. The van der Waals surface area contributed by atoms with Gasteiger partial charge in [0.15, 0.2) is 0 Å². The van der Waals surface area contributed by atoms with E-state index in [-0.39, 0.29) is 12.0 Å². The number of aromatic nitrogens is 2. The average molecular weight is 453 g/mol. The van der Waals surface area contributed by atoms with E-state index in [2.05, 4.69) is 44.6 Å². The van der Waals surface area contributed by atoms with Gasteiger partial charge in [-0.1, -0.05) is 35.5 Å². The van der Waals surface area contributed by atoms with E-state index in [0.717, 1.165) is 36.7 Å². The molecule has 0 aliphatic carbocycles. The third-order valence-corrected chi connectivity index (χ3v) is 6.54. The van der Waals surface area contributed by atoms with Gasteiger partial charge in [-0.25, -0.2) is 4.98 Å². The molecule has 0 spiro atoms. The van der Waals surface area contributed by atoms with Crippen molar-refractivity contribution in [1.29, 1.82) is 0 Å². The fraction of sp³-hybridized carbons (Fsp3) is 0.375. The summed E-state index contributed by atoms with van der Waals surface area (Å²) in [5.41, 5.74) is 3.77. The van der Waals surface area contributed by atoms with E-state index >= 15 is 0 Å². The molecule has 1 atom stereocenters. The van der Waals surface area contributed by atoms with Gasteiger partial charge < -0.3 is 14.6 Å². The summed E-state index contributed by atoms with van der Waals surface area (Å²) in [5.74, 6) is 1.31. The molecular weight excluding hydrogens is 424 g/mol. The first kappa shape index (κ1) is 22.5. The zero-order valence-corrected chi connectivity index (χ0v) is 19.2. The van der Waals surface area contributed by atoms with Crippen molar-refractivity contribution in [2.45, 2.75) is 37.3 Å². The lowest BCUT2D eigenvalue weighted by Crippen LogP contribution is -2.47. The molecule has 1 aromatic carbocycles. The topological polar surface area (TPSA) is 80.5 Å². The smallest absolute Gasteiger partial charge is 0.254 e. The Labute approximate surface area is 192 Å². The number of rotatable bonds is 8. The molecule has 1 aliphatic heterocycles. The van der Waals surface area contributed by atoms with Crippen molar-refractivity contribution in [1.82, 2.24) is 20.4 Å². The summed E-state index contributed by atoms with van der Waals surface area (Å²) in [5, 5.41) is 7.72. The number of morpholine rings is 1. The Morgan fingerprint density at radius 3 is 2.84 bits per heavy atom. The van der Waals surface area contributed by atoms with Crippen LogP contribution in [-0.4, -0.2) is 53.3 Å². The summed E-state index contributed by atoms with van der Waals surface area (Å²) in [6.45, 7) is 7.52. The average Bonchev–Trinajstić information content (AvgIpc) is 3.14. The van der Waals surface area contributed by atoms with E-state index in [1.165, 1.54) is 17.3 Å². The van der Waals surface area contributed by atoms with Crippen molar-refractivity contribution in [3.63, 3.8) is 0 Å². The molecule has 3 aromatic rings. The fourth-order valence-corrected chi connectivity index (χ4v) is 4.86. The van der Waals surface area contributed by atoms with Crippen LogP contribution >= 0.6 is 11.8 Å². The van der Waals surface area contributed by atoms with Crippen LogP contribution in [0.3, 0.4) is 0 Å². The monoisotopic (exact) mass is 452 g/mol. The number of hydrogen-bond donors (Lipinski definition) is 1. The maximum absolute atomic E-state index is 12.9. The van der Waals surface area contributed by atoms with Crippen LogP contribution in [0.2, 0.25) is 0 Å². The Bertz CT molecular complexity index is 1020. The van der Waals surface area contributed by atoms with Crippen molar-refractivity contribution in [2.75, 3.05) is 26.2 Å².